The van der Waals surface area contributed by atoms with Gasteiger partial charge in [-0.25, -0.2) is 0 Å². The van der Waals surface area contributed by atoms with Crippen LogP contribution in [-0.2, 0) is 0 Å². The van der Waals surface area contributed by atoms with Crippen molar-refractivity contribution in [3.05, 3.63) is 0 Å². The van der Waals surface area contributed by atoms with Crippen molar-refractivity contribution in [2.75, 3.05) is 0 Å². The van der Waals surface area contributed by atoms with Crippen LogP contribution in [0.15, 0.2) is 0 Å². The molecule has 17 saturated carbocycles. The first-order chi connectivity index (χ1) is 34.5. The smallest absolute Gasteiger partial charge is 0.0308 e. The number of hydrogen-bond donors (Lipinski definition) is 0. The first kappa shape index (κ1) is 72.0. The van der Waals surface area contributed by atoms with Crippen molar-refractivity contribution in [3.8, 4) is 0 Å². The second-order valence-corrected chi connectivity index (χ2v) is 32.3. The predicted molar refractivity (Wildman–Crippen MR) is 340 cm³/mol. The maximum atomic E-state index is 2.42. The van der Waals surface area contributed by atoms with Crippen molar-refractivity contribution < 1.29 is 0 Å². The highest BCUT2D eigenvalue weighted by Gasteiger charge is 2.57. The molecule has 12 bridgehead atoms. The minimum atomic E-state index is 0.579. The van der Waals surface area contributed by atoms with Gasteiger partial charge in [-0.1, -0.05) is 240 Å². The summed E-state index contributed by atoms with van der Waals surface area (Å²) in [5.74, 6) is 19.8. The zero-order valence-electron chi connectivity index (χ0n) is 57.5. The average molecular weight is 1040 g/mol. The van der Waals surface area contributed by atoms with Crippen LogP contribution in [0.25, 0.3) is 0 Å². The molecular formula is C74H148. The van der Waals surface area contributed by atoms with Gasteiger partial charge in [-0.05, 0) is 235 Å². The van der Waals surface area contributed by atoms with Crippen molar-refractivity contribution in [2.45, 2.75) is 336 Å². The second-order valence-electron chi connectivity index (χ2n) is 32.3. The van der Waals surface area contributed by atoms with Gasteiger partial charge in [-0.2, -0.15) is 0 Å². The second kappa shape index (κ2) is 31.3. The van der Waals surface area contributed by atoms with Crippen LogP contribution < -0.4 is 0 Å². The molecule has 0 radical (unpaired) electrons. The van der Waals surface area contributed by atoms with Crippen LogP contribution in [0.5, 0.6) is 0 Å². The summed E-state index contributed by atoms with van der Waals surface area (Å²) in [6.45, 7) is 67.3. The Labute approximate surface area is 472 Å². The Balaban J connectivity index is 0.000000426. The van der Waals surface area contributed by atoms with Gasteiger partial charge in [0, 0.05) is 0 Å². The van der Waals surface area contributed by atoms with Crippen molar-refractivity contribution >= 4 is 0 Å². The highest BCUT2D eigenvalue weighted by Crippen LogP contribution is 2.65. The lowest BCUT2D eigenvalue weighted by molar-refractivity contribution is -0.141. The van der Waals surface area contributed by atoms with Crippen LogP contribution in [0.3, 0.4) is 0 Å². The highest BCUT2D eigenvalue weighted by atomic mass is 14.6. The molecule has 0 aliphatic heterocycles. The molecule has 0 amide bonds. The zero-order valence-corrected chi connectivity index (χ0v) is 57.5. The van der Waals surface area contributed by atoms with Gasteiger partial charge in [-0.3, -0.25) is 0 Å². The van der Waals surface area contributed by atoms with Gasteiger partial charge in [0.25, 0.3) is 0 Å². The normalized spacial score (nSPS) is 37.9. The van der Waals surface area contributed by atoms with Crippen LogP contribution >= 0.6 is 0 Å². The van der Waals surface area contributed by atoms with Crippen molar-refractivity contribution in [1.29, 1.82) is 0 Å². The van der Waals surface area contributed by atoms with Crippen LogP contribution in [0.1, 0.15) is 336 Å². The van der Waals surface area contributed by atoms with E-state index in [0.29, 0.717) is 32.5 Å². The molecule has 0 nitrogen and oxygen atoms in total. The largest absolute Gasteiger partial charge is 0.0683 e. The summed E-state index contributed by atoms with van der Waals surface area (Å²) < 4.78 is 0. The van der Waals surface area contributed by atoms with Crippen LogP contribution in [0, 0.1) is 139 Å². The molecule has 0 saturated heterocycles. The molecule has 0 aromatic heterocycles. The Hall–Kier alpha value is 0. The molecule has 0 spiro atoms. The molecule has 17 aliphatic carbocycles. The van der Waals surface area contributed by atoms with E-state index in [1.165, 1.54) is 70.6 Å². The van der Waals surface area contributed by atoms with E-state index in [1.807, 2.05) is 83.1 Å². The summed E-state index contributed by atoms with van der Waals surface area (Å²) in [5.41, 5.74) is 3.57. The first-order valence-corrected chi connectivity index (χ1v) is 34.5. The third-order valence-corrected chi connectivity index (χ3v) is 21.8. The maximum absolute atomic E-state index is 2.42. The maximum Gasteiger partial charge on any atom is -0.0308 e. The Bertz CT molecular complexity index is 1320. The minimum absolute atomic E-state index is 0.579. The molecule has 0 heteroatoms. The molecule has 17 rings (SSSR count). The third kappa shape index (κ3) is 19.3. The molecule has 0 aromatic rings. The van der Waals surface area contributed by atoms with E-state index >= 15 is 0 Å². The molecule has 9 atom stereocenters. The predicted octanol–water partition coefficient (Wildman–Crippen LogP) is 25.4. The highest BCUT2D eigenvalue weighted by molar-refractivity contribution is 5.06. The van der Waals surface area contributed by atoms with E-state index in [-0.39, 0.29) is 0 Å². The van der Waals surface area contributed by atoms with E-state index in [1.54, 1.807) is 57.8 Å². The summed E-state index contributed by atoms with van der Waals surface area (Å²) in [6, 6.07) is 0. The zero-order chi connectivity index (χ0) is 57.5. The van der Waals surface area contributed by atoms with E-state index in [4.69, 9.17) is 0 Å². The van der Waals surface area contributed by atoms with Crippen molar-refractivity contribution in [1.82, 2.24) is 0 Å². The molecule has 74 heavy (non-hydrogen) atoms. The minimum Gasteiger partial charge on any atom is -0.0683 e. The fourth-order valence-electron chi connectivity index (χ4n) is 18.9. The SMILES string of the molecule is CC.CC.CC.CC.CC.CC.CC(C)(C)C1C2CC1C2.CC(C)(C)C1C2CCC1C2.CC(C)(C)C1C2CCCC1C2.CC(C)(C)C1CC2CC1C2.CC(C)(C)C1CC2CCC1C2.CC(C)(C)C1CCC2CC1C2. The lowest BCUT2D eigenvalue weighted by Gasteiger charge is -2.63. The quantitative estimate of drug-likeness (QED) is 0.227. The molecular weight excluding hydrogens is 889 g/mol. The molecule has 17 aliphatic rings. The van der Waals surface area contributed by atoms with Crippen LogP contribution in [0.2, 0.25) is 0 Å². The summed E-state index contributed by atoms with van der Waals surface area (Å²) in [6.07, 6.45) is 30.8. The van der Waals surface area contributed by atoms with E-state index in [2.05, 4.69) is 125 Å². The van der Waals surface area contributed by atoms with Crippen LogP contribution in [-0.4, -0.2) is 0 Å². The van der Waals surface area contributed by atoms with Gasteiger partial charge >= 0.3 is 0 Å². The number of hydrogen-bond acceptors (Lipinski definition) is 0. The molecule has 444 valence electrons. The van der Waals surface area contributed by atoms with E-state index < -0.39 is 0 Å². The monoisotopic (exact) mass is 1040 g/mol. The average Bonchev–Trinajstić information content (AvgIpc) is 4.15. The van der Waals surface area contributed by atoms with Gasteiger partial charge in [0.05, 0.1) is 0 Å². The Morgan fingerprint density at radius 2 is 0.446 bits per heavy atom. The van der Waals surface area contributed by atoms with Gasteiger partial charge < -0.3 is 0 Å². The summed E-state index contributed by atoms with van der Waals surface area (Å²) >= 11 is 0. The topological polar surface area (TPSA) is 0 Å². The van der Waals surface area contributed by atoms with Gasteiger partial charge in [0.2, 0.25) is 0 Å². The van der Waals surface area contributed by atoms with Crippen LogP contribution in [0.4, 0.5) is 0 Å². The molecule has 17 fully saturated rings. The Morgan fingerprint density at radius 1 is 0.189 bits per heavy atom. The van der Waals surface area contributed by atoms with Crippen molar-refractivity contribution in [3.63, 3.8) is 0 Å². The molecule has 0 N–H and O–H groups in total. The van der Waals surface area contributed by atoms with E-state index in [9.17, 15) is 0 Å². The van der Waals surface area contributed by atoms with Gasteiger partial charge in [0.1, 0.15) is 0 Å². The molecule has 0 aromatic carbocycles. The summed E-state index contributed by atoms with van der Waals surface area (Å²) in [5, 5.41) is 0. The van der Waals surface area contributed by atoms with Gasteiger partial charge in [0.15, 0.2) is 0 Å². The molecule has 9 unspecified atom stereocenters. The first-order valence-electron chi connectivity index (χ1n) is 34.5. The Morgan fingerprint density at radius 3 is 0.608 bits per heavy atom. The lowest BCUT2D eigenvalue weighted by atomic mass is 9.42. The fourth-order valence-corrected chi connectivity index (χ4v) is 18.9. The number of fused-ring (bicyclic) bond motifs is 8. The number of rotatable bonds is 0. The standard InChI is InChI=1S/3C11H20.2C10H18.C9H16.6C2H6/c1-11(2,3)10-5-4-8-6-9(10)7-8;1-11(2,3)10-7-8-4-5-9(10)6-8;1-11(2,3)10-8-5-4-6-9(10)7-8;1-10(2,3)9-6-7-4-8(9)5-7;1-10(2,3)9-7-4-5-8(9)6-7;1-9(2,3)8-6-4-7(8)5-6;6*1-2/h3*8-10H,4-7H2,1-3H3;2*7-9H,4-6H2,1-3H3;6-8H,4-5H2,1-3H3;6*1-2H3. The van der Waals surface area contributed by atoms with Gasteiger partial charge in [-0.15, -0.1) is 0 Å². The molecule has 0 heterocycles. The summed E-state index contributed by atoms with van der Waals surface area (Å²) in [7, 11) is 0. The third-order valence-electron chi connectivity index (χ3n) is 21.8. The summed E-state index contributed by atoms with van der Waals surface area (Å²) in [4.78, 5) is 0. The lowest BCUT2D eigenvalue weighted by Crippen LogP contribution is -2.55. The Kier molecular flexibility index (Phi) is 30.4. The van der Waals surface area contributed by atoms with Crippen molar-refractivity contribution in [2.24, 2.45) is 139 Å². The van der Waals surface area contributed by atoms with E-state index in [0.717, 1.165) is 107 Å². The fraction of sp³-hybridized carbons (Fsp3) is 1.00.